The number of halogens is 1. The van der Waals surface area contributed by atoms with Gasteiger partial charge in [-0.3, -0.25) is 0 Å². The van der Waals surface area contributed by atoms with E-state index in [0.29, 0.717) is 41.6 Å². The Morgan fingerprint density at radius 2 is 1.83 bits per heavy atom. The molecule has 4 rings (SSSR count). The van der Waals surface area contributed by atoms with E-state index in [1.807, 2.05) is 0 Å². The van der Waals surface area contributed by atoms with Crippen LogP contribution in [0.3, 0.4) is 0 Å². The van der Waals surface area contributed by atoms with E-state index in [0.717, 1.165) is 0 Å². The summed E-state index contributed by atoms with van der Waals surface area (Å²) in [6.07, 6.45) is 4.17. The Hall–Kier alpha value is -2.88. The van der Waals surface area contributed by atoms with Gasteiger partial charge in [0, 0.05) is 41.7 Å². The van der Waals surface area contributed by atoms with Crippen LogP contribution in [0.25, 0.3) is 22.3 Å². The highest BCUT2D eigenvalue weighted by Gasteiger charge is 2.36. The molecule has 9 heteroatoms. The molecule has 1 fully saturated rings. The van der Waals surface area contributed by atoms with E-state index in [1.54, 1.807) is 30.3 Å². The Morgan fingerprint density at radius 1 is 1.10 bits per heavy atom. The number of rotatable bonds is 5. The molecule has 1 aliphatic rings. The molecule has 0 spiro atoms. The van der Waals surface area contributed by atoms with Crippen molar-refractivity contribution in [2.24, 2.45) is 0 Å². The summed E-state index contributed by atoms with van der Waals surface area (Å²) >= 11 is 0. The van der Waals surface area contributed by atoms with Crippen LogP contribution in [0.5, 0.6) is 0 Å². The van der Waals surface area contributed by atoms with E-state index in [1.165, 1.54) is 28.8 Å². The number of sulfonamides is 1. The third kappa shape index (κ3) is 3.67. The summed E-state index contributed by atoms with van der Waals surface area (Å²) in [5, 5.41) is 9.55. The Bertz CT molecular complexity index is 1170. The molecule has 2 aromatic carbocycles. The highest BCUT2D eigenvalue weighted by Crippen LogP contribution is 2.34. The minimum atomic E-state index is -3.84. The Balaban J connectivity index is 1.76. The summed E-state index contributed by atoms with van der Waals surface area (Å²) in [5.74, 6) is -0.430. The second kappa shape index (κ2) is 8.10. The number of aliphatic hydroxyl groups excluding tert-OH is 1. The largest absolute Gasteiger partial charge is 0.395 e. The van der Waals surface area contributed by atoms with Gasteiger partial charge < -0.3 is 10.8 Å². The van der Waals surface area contributed by atoms with Crippen molar-refractivity contribution in [1.82, 2.24) is 14.3 Å². The molecule has 0 amide bonds. The summed E-state index contributed by atoms with van der Waals surface area (Å²) in [6, 6.07) is 10.6. The molecule has 0 aliphatic carbocycles. The number of hydrogen-bond donors (Lipinski definition) is 2. The number of nitrogens with zero attached hydrogens (tertiary/aromatic N) is 3. The summed E-state index contributed by atoms with van der Waals surface area (Å²) in [4.78, 5) is 7.85. The fourth-order valence-electron chi connectivity index (χ4n) is 3.76. The van der Waals surface area contributed by atoms with Crippen molar-refractivity contribution in [3.8, 4) is 22.3 Å². The molecule has 2 heterocycles. The zero-order valence-electron chi connectivity index (χ0n) is 16.1. The van der Waals surface area contributed by atoms with Gasteiger partial charge in [0.05, 0.1) is 11.5 Å². The molecular formula is C21H21FN4O3S. The summed E-state index contributed by atoms with van der Waals surface area (Å²) in [5.41, 5.74) is 7.08. The smallest absolute Gasteiger partial charge is 0.244 e. The Labute approximate surface area is 174 Å². The van der Waals surface area contributed by atoms with Crippen molar-refractivity contribution in [3.63, 3.8) is 0 Å². The van der Waals surface area contributed by atoms with Crippen LogP contribution in [-0.2, 0) is 10.0 Å². The van der Waals surface area contributed by atoms with Gasteiger partial charge in [0.15, 0.2) is 0 Å². The molecule has 156 valence electrons. The first-order chi connectivity index (χ1) is 14.4. The van der Waals surface area contributed by atoms with Crippen LogP contribution in [-0.4, -0.2) is 47.0 Å². The zero-order valence-corrected chi connectivity index (χ0v) is 16.9. The number of anilines is 1. The average Bonchev–Trinajstić information content (AvgIpc) is 3.24. The van der Waals surface area contributed by atoms with Crippen molar-refractivity contribution in [2.45, 2.75) is 23.8 Å². The normalized spacial score (nSPS) is 17.3. The molecule has 3 aromatic rings. The van der Waals surface area contributed by atoms with Gasteiger partial charge in [-0.2, -0.15) is 4.31 Å². The summed E-state index contributed by atoms with van der Waals surface area (Å²) in [6.45, 7) is 0.126. The molecule has 0 bridgehead atoms. The minimum Gasteiger partial charge on any atom is -0.395 e. The third-order valence-electron chi connectivity index (χ3n) is 5.27. The van der Waals surface area contributed by atoms with Gasteiger partial charge in [-0.15, -0.1) is 0 Å². The van der Waals surface area contributed by atoms with Crippen molar-refractivity contribution in [3.05, 3.63) is 60.7 Å². The van der Waals surface area contributed by atoms with Crippen molar-refractivity contribution < 1.29 is 17.9 Å². The maximum Gasteiger partial charge on any atom is 0.244 e. The highest BCUT2D eigenvalue weighted by molar-refractivity contribution is 7.89. The predicted molar refractivity (Wildman–Crippen MR) is 111 cm³/mol. The fraction of sp³-hybridized carbons (Fsp3) is 0.238. The standard InChI is InChI=1S/C21H21FN4O3S/c22-19-10-14(7-8-17(19)15-11-24-21(23)25-12-15)18-5-1-2-6-20(18)30(28,29)26-9-3-4-16(26)13-27/h1-2,5-8,10-12,16,27H,3-4,9,13H2,(H2,23,24,25)/t16-/m1/s1. The molecule has 0 radical (unpaired) electrons. The van der Waals surface area contributed by atoms with Crippen molar-refractivity contribution in [1.29, 1.82) is 0 Å². The zero-order chi connectivity index (χ0) is 21.3. The third-order valence-corrected chi connectivity index (χ3v) is 7.28. The molecule has 1 aromatic heterocycles. The van der Waals surface area contributed by atoms with E-state index < -0.39 is 21.9 Å². The molecule has 1 atom stereocenters. The van der Waals surface area contributed by atoms with Crippen LogP contribution in [0.4, 0.5) is 10.3 Å². The van der Waals surface area contributed by atoms with E-state index in [9.17, 15) is 17.9 Å². The Kier molecular flexibility index (Phi) is 5.50. The number of nitrogen functional groups attached to an aromatic ring is 1. The molecule has 1 aliphatic heterocycles. The average molecular weight is 428 g/mol. The SMILES string of the molecule is Nc1ncc(-c2ccc(-c3ccccc3S(=O)(=O)N3CCC[C@@H]3CO)cc2F)cn1. The topological polar surface area (TPSA) is 109 Å². The van der Waals surface area contributed by atoms with Crippen molar-refractivity contribution >= 4 is 16.0 Å². The minimum absolute atomic E-state index is 0.0910. The number of benzene rings is 2. The fourth-order valence-corrected chi connectivity index (χ4v) is 5.66. The van der Waals surface area contributed by atoms with Gasteiger partial charge in [0.2, 0.25) is 16.0 Å². The molecule has 0 unspecified atom stereocenters. The molecule has 30 heavy (non-hydrogen) atoms. The van der Waals surface area contributed by atoms with Crippen LogP contribution in [0, 0.1) is 5.82 Å². The maximum atomic E-state index is 14.9. The highest BCUT2D eigenvalue weighted by atomic mass is 32.2. The van der Waals surface area contributed by atoms with Crippen LogP contribution in [0.2, 0.25) is 0 Å². The predicted octanol–water partition coefficient (Wildman–Crippen LogP) is 2.68. The van der Waals surface area contributed by atoms with E-state index in [-0.39, 0.29) is 17.5 Å². The van der Waals surface area contributed by atoms with Gasteiger partial charge in [-0.1, -0.05) is 30.3 Å². The maximum absolute atomic E-state index is 14.9. The van der Waals surface area contributed by atoms with Crippen LogP contribution in [0.15, 0.2) is 59.8 Å². The van der Waals surface area contributed by atoms with E-state index >= 15 is 0 Å². The van der Waals surface area contributed by atoms with E-state index in [4.69, 9.17) is 5.73 Å². The number of aliphatic hydroxyl groups is 1. The monoisotopic (exact) mass is 428 g/mol. The Morgan fingerprint density at radius 3 is 2.53 bits per heavy atom. The van der Waals surface area contributed by atoms with Crippen molar-refractivity contribution in [2.75, 3.05) is 18.9 Å². The second-order valence-corrected chi connectivity index (χ2v) is 8.97. The lowest BCUT2D eigenvalue weighted by atomic mass is 10.0. The molecular weight excluding hydrogens is 407 g/mol. The van der Waals surface area contributed by atoms with E-state index in [2.05, 4.69) is 9.97 Å². The number of aromatic nitrogens is 2. The number of nitrogens with two attached hydrogens (primary N) is 1. The quantitative estimate of drug-likeness (QED) is 0.647. The lowest BCUT2D eigenvalue weighted by Gasteiger charge is -2.24. The molecule has 1 saturated heterocycles. The first-order valence-electron chi connectivity index (χ1n) is 9.51. The molecule has 7 nitrogen and oxygen atoms in total. The van der Waals surface area contributed by atoms with Gasteiger partial charge in [0.1, 0.15) is 5.82 Å². The first kappa shape index (κ1) is 20.4. The summed E-state index contributed by atoms with van der Waals surface area (Å²) < 4.78 is 42.8. The lowest BCUT2D eigenvalue weighted by molar-refractivity contribution is 0.213. The van der Waals surface area contributed by atoms with Crippen LogP contribution < -0.4 is 5.73 Å². The van der Waals surface area contributed by atoms with Gasteiger partial charge in [-0.05, 0) is 30.5 Å². The molecule has 3 N–H and O–H groups in total. The number of hydrogen-bond acceptors (Lipinski definition) is 6. The lowest BCUT2D eigenvalue weighted by Crippen LogP contribution is -2.37. The van der Waals surface area contributed by atoms with Crippen LogP contribution in [0.1, 0.15) is 12.8 Å². The van der Waals surface area contributed by atoms with Gasteiger partial charge in [0.25, 0.3) is 0 Å². The van der Waals surface area contributed by atoms with Crippen LogP contribution >= 0.6 is 0 Å². The second-order valence-electron chi connectivity index (χ2n) is 7.12. The molecule has 0 saturated carbocycles. The first-order valence-corrected chi connectivity index (χ1v) is 11.0. The van der Waals surface area contributed by atoms with Gasteiger partial charge >= 0.3 is 0 Å². The summed E-state index contributed by atoms with van der Waals surface area (Å²) in [7, 11) is -3.84. The van der Waals surface area contributed by atoms with Gasteiger partial charge in [-0.25, -0.2) is 22.8 Å².